The van der Waals surface area contributed by atoms with Crippen LogP contribution in [0.2, 0.25) is 0 Å². The van der Waals surface area contributed by atoms with E-state index in [-0.39, 0.29) is 24.8 Å². The first-order chi connectivity index (χ1) is 13.5. The fourth-order valence-electron chi connectivity index (χ4n) is 3.01. The van der Waals surface area contributed by atoms with Crippen molar-refractivity contribution in [2.75, 3.05) is 6.61 Å². The van der Waals surface area contributed by atoms with Crippen molar-refractivity contribution in [1.82, 2.24) is 14.9 Å². The van der Waals surface area contributed by atoms with Crippen molar-refractivity contribution >= 4 is 5.91 Å². The molecule has 1 heterocycles. The van der Waals surface area contributed by atoms with E-state index >= 15 is 0 Å². The molecule has 5 nitrogen and oxygen atoms in total. The SMILES string of the molecule is Cc1cccc(OCCC(=O)N[C@@H](c2cccc(F)c2)c2nccn2C)c1C. The van der Waals surface area contributed by atoms with Gasteiger partial charge >= 0.3 is 0 Å². The molecular weight excluding hydrogens is 357 g/mol. The molecule has 0 fully saturated rings. The van der Waals surface area contributed by atoms with Crippen LogP contribution in [0.15, 0.2) is 54.9 Å². The second-order valence-corrected chi connectivity index (χ2v) is 6.75. The van der Waals surface area contributed by atoms with Gasteiger partial charge in [0, 0.05) is 19.4 Å². The van der Waals surface area contributed by atoms with Gasteiger partial charge in [-0.3, -0.25) is 4.79 Å². The number of aromatic nitrogens is 2. The number of carbonyl (C=O) groups is 1. The van der Waals surface area contributed by atoms with Gasteiger partial charge in [-0.05, 0) is 48.7 Å². The molecule has 1 atom stereocenters. The average Bonchev–Trinajstić information content (AvgIpc) is 3.09. The fourth-order valence-corrected chi connectivity index (χ4v) is 3.01. The van der Waals surface area contributed by atoms with E-state index in [4.69, 9.17) is 4.74 Å². The molecule has 3 rings (SSSR count). The topological polar surface area (TPSA) is 56.1 Å². The van der Waals surface area contributed by atoms with Crippen LogP contribution in [-0.4, -0.2) is 22.1 Å². The molecule has 0 radical (unpaired) electrons. The van der Waals surface area contributed by atoms with Crippen molar-refractivity contribution in [2.45, 2.75) is 26.3 Å². The number of benzene rings is 2. The second kappa shape index (κ2) is 8.69. The Hall–Kier alpha value is -3.15. The van der Waals surface area contributed by atoms with Gasteiger partial charge in [0.2, 0.25) is 5.91 Å². The monoisotopic (exact) mass is 381 g/mol. The van der Waals surface area contributed by atoms with Gasteiger partial charge < -0.3 is 14.6 Å². The van der Waals surface area contributed by atoms with Crippen LogP contribution in [0.3, 0.4) is 0 Å². The van der Waals surface area contributed by atoms with Crippen LogP contribution in [0.1, 0.15) is 35.0 Å². The maximum absolute atomic E-state index is 13.7. The first-order valence-electron chi connectivity index (χ1n) is 9.17. The van der Waals surface area contributed by atoms with Gasteiger partial charge in [-0.1, -0.05) is 24.3 Å². The Labute approximate surface area is 164 Å². The van der Waals surface area contributed by atoms with Gasteiger partial charge in [0.05, 0.1) is 13.0 Å². The summed E-state index contributed by atoms with van der Waals surface area (Å²) in [7, 11) is 1.84. The van der Waals surface area contributed by atoms with Crippen molar-refractivity contribution < 1.29 is 13.9 Å². The second-order valence-electron chi connectivity index (χ2n) is 6.75. The molecule has 0 unspecified atom stereocenters. The van der Waals surface area contributed by atoms with E-state index in [1.54, 1.807) is 24.5 Å². The van der Waals surface area contributed by atoms with Crippen LogP contribution in [0.5, 0.6) is 5.75 Å². The third-order valence-electron chi connectivity index (χ3n) is 4.75. The van der Waals surface area contributed by atoms with Crippen molar-refractivity contribution in [3.05, 3.63) is 83.2 Å². The largest absolute Gasteiger partial charge is 0.493 e. The zero-order valence-electron chi connectivity index (χ0n) is 16.3. The molecule has 0 bridgehead atoms. The van der Waals surface area contributed by atoms with Crippen LogP contribution < -0.4 is 10.1 Å². The van der Waals surface area contributed by atoms with Gasteiger partial charge in [0.15, 0.2) is 0 Å². The Bertz CT molecular complexity index is 968. The lowest BCUT2D eigenvalue weighted by Crippen LogP contribution is -2.32. The number of imidazole rings is 1. The van der Waals surface area contributed by atoms with Gasteiger partial charge in [-0.25, -0.2) is 9.37 Å². The van der Waals surface area contributed by atoms with Crippen molar-refractivity contribution in [1.29, 1.82) is 0 Å². The first kappa shape index (κ1) is 19.6. The summed E-state index contributed by atoms with van der Waals surface area (Å²) in [6, 6.07) is 11.5. The highest BCUT2D eigenvalue weighted by Crippen LogP contribution is 2.22. The van der Waals surface area contributed by atoms with Gasteiger partial charge in [-0.2, -0.15) is 0 Å². The number of nitrogens with one attached hydrogen (secondary N) is 1. The van der Waals surface area contributed by atoms with Crippen molar-refractivity contribution in [3.63, 3.8) is 0 Å². The molecule has 0 spiro atoms. The van der Waals surface area contributed by atoms with Crippen LogP contribution in [0, 0.1) is 19.7 Å². The van der Waals surface area contributed by atoms with E-state index in [0.29, 0.717) is 11.4 Å². The highest BCUT2D eigenvalue weighted by Gasteiger charge is 2.21. The van der Waals surface area contributed by atoms with E-state index in [2.05, 4.69) is 10.3 Å². The van der Waals surface area contributed by atoms with Gasteiger partial charge in [0.25, 0.3) is 0 Å². The predicted octanol–water partition coefficient (Wildman–Crippen LogP) is 3.85. The highest BCUT2D eigenvalue weighted by molar-refractivity contribution is 5.77. The molecule has 3 aromatic rings. The Morgan fingerprint density at radius 3 is 2.75 bits per heavy atom. The number of aryl methyl sites for hydroxylation is 2. The average molecular weight is 381 g/mol. The van der Waals surface area contributed by atoms with E-state index < -0.39 is 6.04 Å². The minimum atomic E-state index is -0.538. The Kier molecular flexibility index (Phi) is 6.09. The van der Waals surface area contributed by atoms with Crippen LogP contribution >= 0.6 is 0 Å². The summed E-state index contributed by atoms with van der Waals surface area (Å²) in [4.78, 5) is 16.9. The molecule has 0 saturated carbocycles. The zero-order valence-corrected chi connectivity index (χ0v) is 16.3. The third kappa shape index (κ3) is 4.57. The molecule has 0 saturated heterocycles. The summed E-state index contributed by atoms with van der Waals surface area (Å²) in [5.74, 6) is 0.861. The maximum atomic E-state index is 13.7. The quantitative estimate of drug-likeness (QED) is 0.676. The summed E-state index contributed by atoms with van der Waals surface area (Å²) in [6.45, 7) is 4.27. The number of halogens is 1. The maximum Gasteiger partial charge on any atom is 0.224 e. The highest BCUT2D eigenvalue weighted by atomic mass is 19.1. The summed E-state index contributed by atoms with van der Waals surface area (Å²) in [6.07, 6.45) is 3.62. The molecule has 1 amide bonds. The lowest BCUT2D eigenvalue weighted by molar-refractivity contribution is -0.122. The number of amides is 1. The van der Waals surface area contributed by atoms with Crippen molar-refractivity contribution in [3.8, 4) is 5.75 Å². The number of hydrogen-bond donors (Lipinski definition) is 1. The Morgan fingerprint density at radius 1 is 1.25 bits per heavy atom. The third-order valence-corrected chi connectivity index (χ3v) is 4.75. The summed E-state index contributed by atoms with van der Waals surface area (Å²) in [5.41, 5.74) is 2.84. The van der Waals surface area contributed by atoms with Crippen molar-refractivity contribution in [2.24, 2.45) is 7.05 Å². The van der Waals surface area contributed by atoms with Crippen LogP contribution in [0.25, 0.3) is 0 Å². The number of nitrogens with zero attached hydrogens (tertiary/aromatic N) is 2. The van der Waals surface area contributed by atoms with Crippen LogP contribution in [-0.2, 0) is 11.8 Å². The molecule has 1 aromatic heterocycles. The molecule has 0 aliphatic heterocycles. The van der Waals surface area contributed by atoms with E-state index in [9.17, 15) is 9.18 Å². The number of carbonyl (C=O) groups excluding carboxylic acids is 1. The molecular formula is C22H24FN3O2. The Morgan fingerprint density at radius 2 is 2.04 bits per heavy atom. The smallest absolute Gasteiger partial charge is 0.224 e. The number of hydrogen-bond acceptors (Lipinski definition) is 3. The van der Waals surface area contributed by atoms with Gasteiger partial charge in [0.1, 0.15) is 23.4 Å². The Balaban J connectivity index is 1.68. The van der Waals surface area contributed by atoms with Gasteiger partial charge in [-0.15, -0.1) is 0 Å². The molecule has 2 aromatic carbocycles. The normalized spacial score (nSPS) is 11.9. The number of ether oxygens (including phenoxy) is 1. The molecule has 0 aliphatic rings. The molecule has 28 heavy (non-hydrogen) atoms. The van der Waals surface area contributed by atoms with E-state index in [1.165, 1.54) is 12.1 Å². The number of rotatable bonds is 7. The molecule has 1 N–H and O–H groups in total. The van der Waals surface area contributed by atoms with E-state index in [0.717, 1.165) is 16.9 Å². The summed E-state index contributed by atoms with van der Waals surface area (Å²) >= 11 is 0. The first-order valence-corrected chi connectivity index (χ1v) is 9.17. The molecule has 0 aliphatic carbocycles. The minimum absolute atomic E-state index is 0.184. The standard InChI is InChI=1S/C22H24FN3O2/c1-15-6-4-9-19(16(15)2)28-13-10-20(27)25-21(22-24-11-12-26(22)3)17-7-5-8-18(23)14-17/h4-9,11-12,14,21H,10,13H2,1-3H3,(H,25,27)/t21-/m0/s1. The van der Waals surface area contributed by atoms with Crippen LogP contribution in [0.4, 0.5) is 4.39 Å². The molecule has 146 valence electrons. The zero-order chi connectivity index (χ0) is 20.1. The lowest BCUT2D eigenvalue weighted by atomic mass is 10.1. The van der Waals surface area contributed by atoms with E-state index in [1.807, 2.05) is 43.7 Å². The fraction of sp³-hybridized carbons (Fsp3) is 0.273. The predicted molar refractivity (Wildman–Crippen MR) is 106 cm³/mol. The summed E-state index contributed by atoms with van der Waals surface area (Å²) in [5, 5.41) is 2.95. The minimum Gasteiger partial charge on any atom is -0.493 e. The molecule has 6 heteroatoms. The lowest BCUT2D eigenvalue weighted by Gasteiger charge is -2.19. The summed E-state index contributed by atoms with van der Waals surface area (Å²) < 4.78 is 21.3.